The molecule has 0 atom stereocenters. The summed E-state index contributed by atoms with van der Waals surface area (Å²) >= 11 is 13.0. The number of benzene rings is 2. The van der Waals surface area contributed by atoms with E-state index in [1.807, 2.05) is 7.05 Å². The van der Waals surface area contributed by atoms with Crippen LogP contribution in [-0.4, -0.2) is 23.5 Å². The number of ether oxygens (including phenoxy) is 1. The normalized spacial score (nSPS) is 18.9. The van der Waals surface area contributed by atoms with Crippen LogP contribution < -0.4 is 4.74 Å². The Morgan fingerprint density at radius 2 is 1.53 bits per heavy atom. The smallest absolute Gasteiger partial charge is 0.161 e. The average Bonchev–Trinajstić information content (AvgIpc) is 2.80. The number of allylic oxidation sites excluding steroid dienone is 4. The van der Waals surface area contributed by atoms with E-state index in [2.05, 4.69) is 4.90 Å². The van der Waals surface area contributed by atoms with E-state index < -0.39 is 5.92 Å². The van der Waals surface area contributed by atoms with Gasteiger partial charge in [-0.1, -0.05) is 35.3 Å². The molecule has 4 nitrogen and oxygen atoms in total. The molecule has 0 spiro atoms. The van der Waals surface area contributed by atoms with Crippen molar-refractivity contribution in [1.29, 1.82) is 0 Å². The van der Waals surface area contributed by atoms with Gasteiger partial charge in [0.2, 0.25) is 0 Å². The number of rotatable bonds is 4. The van der Waals surface area contributed by atoms with E-state index in [-0.39, 0.29) is 24.0 Å². The van der Waals surface area contributed by atoms with Crippen molar-refractivity contribution in [3.63, 3.8) is 0 Å². The van der Waals surface area contributed by atoms with E-state index in [9.17, 15) is 14.0 Å². The van der Waals surface area contributed by atoms with E-state index in [0.29, 0.717) is 45.3 Å². The summed E-state index contributed by atoms with van der Waals surface area (Å²) < 4.78 is 19.5. The minimum Gasteiger partial charge on any atom is -0.487 e. The minimum absolute atomic E-state index is 0.0450. The highest BCUT2D eigenvalue weighted by atomic mass is 35.5. The van der Waals surface area contributed by atoms with Crippen LogP contribution in [0.25, 0.3) is 0 Å². The molecule has 3 aliphatic rings. The summed E-state index contributed by atoms with van der Waals surface area (Å²) in [6, 6.07) is 9.38. The van der Waals surface area contributed by atoms with Crippen molar-refractivity contribution in [2.24, 2.45) is 0 Å². The van der Waals surface area contributed by atoms with Crippen LogP contribution in [0, 0.1) is 5.82 Å². The van der Waals surface area contributed by atoms with E-state index in [1.165, 1.54) is 12.1 Å². The maximum Gasteiger partial charge on any atom is 0.161 e. The van der Waals surface area contributed by atoms with E-state index in [4.69, 9.17) is 27.9 Å². The SMILES string of the molecule is CN1C2=C(C(=O)CCC2)C(c2cc(Cl)cc(Cl)c2OCc2ccc(F)cc2)C2=C1CCCC2=O. The number of Topliss-reactive ketones (excluding diaryl/α,β-unsaturated/α-hetero) is 2. The predicted octanol–water partition coefficient (Wildman–Crippen LogP) is 6.75. The molecule has 34 heavy (non-hydrogen) atoms. The Labute approximate surface area is 208 Å². The van der Waals surface area contributed by atoms with Crippen LogP contribution in [0.15, 0.2) is 58.9 Å². The Bertz CT molecular complexity index is 1210. The molecule has 0 bridgehead atoms. The van der Waals surface area contributed by atoms with Crippen molar-refractivity contribution in [3.8, 4) is 5.75 Å². The largest absolute Gasteiger partial charge is 0.487 e. The Kier molecular flexibility index (Phi) is 6.26. The second-order valence-electron chi connectivity index (χ2n) is 8.99. The molecule has 2 aromatic rings. The summed E-state index contributed by atoms with van der Waals surface area (Å²) in [5.74, 6) is -0.417. The first kappa shape index (κ1) is 23.1. The highest BCUT2D eigenvalue weighted by Crippen LogP contribution is 2.52. The van der Waals surface area contributed by atoms with E-state index in [0.717, 1.165) is 42.6 Å². The molecular weight excluding hydrogens is 476 g/mol. The number of hydrogen-bond acceptors (Lipinski definition) is 4. The first-order chi connectivity index (χ1) is 16.3. The van der Waals surface area contributed by atoms with Gasteiger partial charge in [-0.15, -0.1) is 0 Å². The molecule has 0 saturated heterocycles. The predicted molar refractivity (Wildman–Crippen MR) is 129 cm³/mol. The Balaban J connectivity index is 1.66. The van der Waals surface area contributed by atoms with Crippen molar-refractivity contribution in [1.82, 2.24) is 4.90 Å². The van der Waals surface area contributed by atoms with E-state index in [1.54, 1.807) is 24.3 Å². The van der Waals surface area contributed by atoms with Crippen LogP contribution in [0.1, 0.15) is 55.6 Å². The minimum atomic E-state index is -0.568. The summed E-state index contributed by atoms with van der Waals surface area (Å²) in [5.41, 5.74) is 4.62. The van der Waals surface area contributed by atoms with Crippen molar-refractivity contribution in [3.05, 3.63) is 85.9 Å². The molecular formula is C27H24Cl2FNO3. The van der Waals surface area contributed by atoms with Crippen LogP contribution in [0.4, 0.5) is 4.39 Å². The van der Waals surface area contributed by atoms with Gasteiger partial charge in [-0.2, -0.15) is 0 Å². The monoisotopic (exact) mass is 499 g/mol. The molecule has 0 saturated carbocycles. The number of ketones is 2. The second kappa shape index (κ2) is 9.20. The zero-order valence-corrected chi connectivity index (χ0v) is 20.3. The average molecular weight is 500 g/mol. The van der Waals surface area contributed by atoms with Crippen LogP contribution in [0.5, 0.6) is 5.75 Å². The third-order valence-electron chi connectivity index (χ3n) is 6.89. The lowest BCUT2D eigenvalue weighted by molar-refractivity contribution is -0.117. The van der Waals surface area contributed by atoms with Crippen LogP contribution in [0.2, 0.25) is 10.0 Å². The van der Waals surface area contributed by atoms with Gasteiger partial charge in [0.1, 0.15) is 18.2 Å². The molecule has 0 unspecified atom stereocenters. The van der Waals surface area contributed by atoms with Gasteiger partial charge in [0.15, 0.2) is 11.6 Å². The zero-order valence-electron chi connectivity index (χ0n) is 18.8. The molecule has 1 aliphatic heterocycles. The van der Waals surface area contributed by atoms with Gasteiger partial charge in [0.05, 0.1) is 5.02 Å². The summed E-state index contributed by atoms with van der Waals surface area (Å²) in [5, 5.41) is 0.711. The Morgan fingerprint density at radius 3 is 2.12 bits per heavy atom. The second-order valence-corrected chi connectivity index (χ2v) is 9.83. The summed E-state index contributed by atoms with van der Waals surface area (Å²) in [4.78, 5) is 28.6. The lowest BCUT2D eigenvalue weighted by Gasteiger charge is -2.42. The third-order valence-corrected chi connectivity index (χ3v) is 7.39. The summed E-state index contributed by atoms with van der Waals surface area (Å²) in [6.45, 7) is 0.154. The van der Waals surface area contributed by atoms with Crippen molar-refractivity contribution < 1.29 is 18.7 Å². The van der Waals surface area contributed by atoms with Crippen molar-refractivity contribution in [2.75, 3.05) is 7.05 Å². The van der Waals surface area contributed by atoms with E-state index >= 15 is 0 Å². The number of carbonyl (C=O) groups excluding carboxylic acids is 2. The number of nitrogens with zero attached hydrogens (tertiary/aromatic N) is 1. The highest BCUT2D eigenvalue weighted by Gasteiger charge is 2.43. The fraction of sp³-hybridized carbons (Fsp3) is 0.333. The van der Waals surface area contributed by atoms with Crippen LogP contribution >= 0.6 is 23.2 Å². The fourth-order valence-electron chi connectivity index (χ4n) is 5.35. The van der Waals surface area contributed by atoms with Gasteiger partial charge >= 0.3 is 0 Å². The molecule has 176 valence electrons. The molecule has 1 heterocycles. The zero-order chi connectivity index (χ0) is 24.0. The molecule has 2 aliphatic carbocycles. The van der Waals surface area contributed by atoms with Gasteiger partial charge in [0, 0.05) is 58.9 Å². The standard InChI is InChI=1S/C27H24Cl2FNO3/c1-31-20-4-2-6-22(32)25(20)24(26-21(31)5-3-7-23(26)33)18-12-16(28)13-19(29)27(18)34-14-15-8-10-17(30)11-9-15/h8-13,24H,2-7,14H2,1H3. The van der Waals surface area contributed by atoms with Crippen molar-refractivity contribution >= 4 is 34.8 Å². The van der Waals surface area contributed by atoms with Gasteiger partial charge in [-0.25, -0.2) is 4.39 Å². The fourth-order valence-corrected chi connectivity index (χ4v) is 5.91. The van der Waals surface area contributed by atoms with Crippen molar-refractivity contribution in [2.45, 2.75) is 51.0 Å². The quantitative estimate of drug-likeness (QED) is 0.466. The van der Waals surface area contributed by atoms with Gasteiger partial charge in [-0.3, -0.25) is 9.59 Å². The lowest BCUT2D eigenvalue weighted by Crippen LogP contribution is -2.37. The van der Waals surface area contributed by atoms with Gasteiger partial charge in [0.25, 0.3) is 0 Å². The van der Waals surface area contributed by atoms with Crippen LogP contribution in [0.3, 0.4) is 0 Å². The molecule has 0 amide bonds. The first-order valence-corrected chi connectivity index (χ1v) is 12.2. The molecule has 0 fully saturated rings. The maximum absolute atomic E-state index is 13.3. The third kappa shape index (κ3) is 4.05. The van der Waals surface area contributed by atoms with Gasteiger partial charge < -0.3 is 9.64 Å². The highest BCUT2D eigenvalue weighted by molar-refractivity contribution is 6.35. The Morgan fingerprint density at radius 1 is 0.941 bits per heavy atom. The number of hydrogen-bond donors (Lipinski definition) is 0. The summed E-state index contributed by atoms with van der Waals surface area (Å²) in [7, 11) is 1.95. The lowest BCUT2D eigenvalue weighted by atomic mass is 9.71. The molecule has 0 aromatic heterocycles. The van der Waals surface area contributed by atoms with Gasteiger partial charge in [-0.05, 0) is 55.5 Å². The molecule has 0 radical (unpaired) electrons. The molecule has 7 heteroatoms. The first-order valence-electron chi connectivity index (χ1n) is 11.5. The van der Waals surface area contributed by atoms with Crippen LogP contribution in [-0.2, 0) is 16.2 Å². The molecule has 5 rings (SSSR count). The molecule has 0 N–H and O–H groups in total. The summed E-state index contributed by atoms with van der Waals surface area (Å²) in [6.07, 6.45) is 4.02. The number of halogens is 3. The Hall–Kier alpha value is -2.63. The maximum atomic E-state index is 13.3. The number of carbonyl (C=O) groups is 2. The molecule has 2 aromatic carbocycles. The topological polar surface area (TPSA) is 46.6 Å².